The van der Waals surface area contributed by atoms with Crippen LogP contribution in [-0.2, 0) is 6.42 Å². The van der Waals surface area contributed by atoms with Gasteiger partial charge in [0.25, 0.3) is 0 Å². The van der Waals surface area contributed by atoms with Gasteiger partial charge in [-0.3, -0.25) is 0 Å². The molecule has 2 aromatic rings. The number of fused-ring (bicyclic) bond motifs is 6. The summed E-state index contributed by atoms with van der Waals surface area (Å²) in [5.74, 6) is 3.72. The number of ether oxygens (including phenoxy) is 2. The Morgan fingerprint density at radius 2 is 1.87 bits per heavy atom. The number of hydrogen-bond donors (Lipinski definition) is 2. The summed E-state index contributed by atoms with van der Waals surface area (Å²) in [6.45, 7) is 2.59. The van der Waals surface area contributed by atoms with Gasteiger partial charge in [0.1, 0.15) is 5.75 Å². The normalized spacial score (nSPS) is 33.2. The molecule has 6 rings (SSSR count). The zero-order valence-electron chi connectivity index (χ0n) is 18.0. The van der Waals surface area contributed by atoms with Crippen LogP contribution in [0.1, 0.15) is 67.2 Å². The highest BCUT2D eigenvalue weighted by Crippen LogP contribution is 2.61. The van der Waals surface area contributed by atoms with Crippen molar-refractivity contribution in [2.45, 2.75) is 57.5 Å². The zero-order chi connectivity index (χ0) is 21.2. The van der Waals surface area contributed by atoms with E-state index in [9.17, 15) is 10.2 Å². The van der Waals surface area contributed by atoms with E-state index in [1.807, 2.05) is 36.4 Å². The second kappa shape index (κ2) is 7.03. The van der Waals surface area contributed by atoms with Gasteiger partial charge in [0.15, 0.2) is 11.5 Å². The van der Waals surface area contributed by atoms with Gasteiger partial charge in [-0.15, -0.1) is 0 Å². The van der Waals surface area contributed by atoms with Crippen molar-refractivity contribution in [2.75, 3.05) is 6.79 Å². The van der Waals surface area contributed by atoms with E-state index in [4.69, 9.17) is 9.47 Å². The molecule has 2 saturated carbocycles. The molecule has 4 aliphatic rings. The third kappa shape index (κ3) is 2.99. The van der Waals surface area contributed by atoms with Crippen molar-refractivity contribution in [1.29, 1.82) is 0 Å². The first-order valence-electron chi connectivity index (χ1n) is 11.6. The maximum atomic E-state index is 10.7. The smallest absolute Gasteiger partial charge is 0.231 e. The lowest BCUT2D eigenvalue weighted by Gasteiger charge is -2.50. The highest BCUT2D eigenvalue weighted by atomic mass is 16.7. The Morgan fingerprint density at radius 1 is 1.00 bits per heavy atom. The molecule has 0 aromatic heterocycles. The number of aromatic hydroxyl groups is 1. The lowest BCUT2D eigenvalue weighted by molar-refractivity contribution is -0.0226. The maximum Gasteiger partial charge on any atom is 0.231 e. The van der Waals surface area contributed by atoms with Gasteiger partial charge in [-0.05, 0) is 103 Å². The fourth-order valence-corrected chi connectivity index (χ4v) is 6.93. The summed E-state index contributed by atoms with van der Waals surface area (Å²) in [5.41, 5.74) is 4.71. The molecule has 1 aliphatic heterocycles. The van der Waals surface area contributed by atoms with Crippen LogP contribution in [0.5, 0.6) is 17.2 Å². The van der Waals surface area contributed by atoms with Crippen molar-refractivity contribution < 1.29 is 19.7 Å². The molecule has 31 heavy (non-hydrogen) atoms. The van der Waals surface area contributed by atoms with Gasteiger partial charge in [-0.2, -0.15) is 0 Å². The minimum absolute atomic E-state index is 0.0949. The molecule has 3 aliphatic carbocycles. The average molecular weight is 419 g/mol. The quantitative estimate of drug-likeness (QED) is 0.632. The van der Waals surface area contributed by atoms with Crippen LogP contribution in [0.2, 0.25) is 0 Å². The van der Waals surface area contributed by atoms with Crippen LogP contribution >= 0.6 is 0 Å². The summed E-state index contributed by atoms with van der Waals surface area (Å²) in [6, 6.07) is 10.1. The van der Waals surface area contributed by atoms with E-state index >= 15 is 0 Å². The summed E-state index contributed by atoms with van der Waals surface area (Å²) in [6.07, 6.45) is 10.4. The second-order valence-corrected chi connectivity index (χ2v) is 10.1. The van der Waals surface area contributed by atoms with Crippen molar-refractivity contribution in [2.24, 2.45) is 17.3 Å². The number of aliphatic hydroxyl groups is 1. The highest BCUT2D eigenvalue weighted by molar-refractivity contribution is 5.74. The first-order chi connectivity index (χ1) is 15.0. The molecule has 0 unspecified atom stereocenters. The molecule has 5 atom stereocenters. The summed E-state index contributed by atoms with van der Waals surface area (Å²) >= 11 is 0. The standard InChI is InChI=1S/C27H30O4/c1-27-11-10-19-20(22(27)7-9-26(27)29)6-5-17-14-23(28)18(13-21(17)19)4-2-16-3-8-24-25(12-16)31-15-30-24/h2-4,8,12-14,19-20,22,26,28-29H,5-7,9-11,15H2,1H3/b4-2+/t19-,20+,22-,26-,27-/m0/s1. The van der Waals surface area contributed by atoms with Gasteiger partial charge < -0.3 is 19.7 Å². The number of aliphatic hydroxyl groups excluding tert-OH is 1. The van der Waals surface area contributed by atoms with Crippen LogP contribution < -0.4 is 9.47 Å². The van der Waals surface area contributed by atoms with E-state index in [1.165, 1.54) is 17.5 Å². The Bertz CT molecular complexity index is 1060. The molecule has 4 heteroatoms. The molecular weight excluding hydrogens is 388 g/mol. The van der Waals surface area contributed by atoms with Gasteiger partial charge in [0.05, 0.1) is 6.10 Å². The van der Waals surface area contributed by atoms with Gasteiger partial charge in [0, 0.05) is 5.56 Å². The molecule has 1 heterocycles. The number of hydrogen-bond acceptors (Lipinski definition) is 4. The summed E-state index contributed by atoms with van der Waals surface area (Å²) in [5, 5.41) is 21.3. The molecule has 0 bridgehead atoms. The summed E-state index contributed by atoms with van der Waals surface area (Å²) in [7, 11) is 0. The van der Waals surface area contributed by atoms with Crippen molar-refractivity contribution >= 4 is 12.2 Å². The highest BCUT2D eigenvalue weighted by Gasteiger charge is 2.54. The predicted octanol–water partition coefficient (Wildman–Crippen LogP) is 5.51. The van der Waals surface area contributed by atoms with Crippen LogP contribution in [0, 0.1) is 17.3 Å². The Labute approximate surface area is 183 Å². The molecule has 2 aromatic carbocycles. The average Bonchev–Trinajstić information content (AvgIpc) is 3.36. The van der Waals surface area contributed by atoms with Crippen LogP contribution in [0.4, 0.5) is 0 Å². The third-order valence-corrected chi connectivity index (χ3v) is 8.67. The lowest BCUT2D eigenvalue weighted by atomic mass is 9.55. The SMILES string of the molecule is C[C@]12CC[C@@H]3c4cc(/C=C/c5ccc6c(c5)OCO6)c(O)cc4CC[C@H]3[C@@H]1CC[C@@H]2O. The Kier molecular flexibility index (Phi) is 4.36. The van der Waals surface area contributed by atoms with Crippen LogP contribution in [0.15, 0.2) is 30.3 Å². The Balaban J connectivity index is 1.31. The third-order valence-electron chi connectivity index (χ3n) is 8.67. The van der Waals surface area contributed by atoms with Crippen LogP contribution in [0.25, 0.3) is 12.2 Å². The van der Waals surface area contributed by atoms with E-state index in [1.54, 1.807) is 0 Å². The minimum Gasteiger partial charge on any atom is -0.507 e. The molecular formula is C27H30O4. The molecule has 4 nitrogen and oxygen atoms in total. The largest absolute Gasteiger partial charge is 0.507 e. The molecule has 162 valence electrons. The Hall–Kier alpha value is -2.46. The zero-order valence-corrected chi connectivity index (χ0v) is 18.0. The number of aryl methyl sites for hydroxylation is 1. The van der Waals surface area contributed by atoms with E-state index in [2.05, 4.69) is 13.0 Å². The molecule has 0 amide bonds. The van der Waals surface area contributed by atoms with Crippen molar-refractivity contribution in [3.63, 3.8) is 0 Å². The van der Waals surface area contributed by atoms with E-state index in [0.29, 0.717) is 23.5 Å². The Morgan fingerprint density at radius 3 is 2.77 bits per heavy atom. The maximum absolute atomic E-state index is 10.7. The minimum atomic E-state index is -0.139. The lowest BCUT2D eigenvalue weighted by Crippen LogP contribution is -2.43. The van der Waals surface area contributed by atoms with Crippen LogP contribution in [-0.4, -0.2) is 23.1 Å². The predicted molar refractivity (Wildman–Crippen MR) is 120 cm³/mol. The second-order valence-electron chi connectivity index (χ2n) is 10.1. The van der Waals surface area contributed by atoms with Crippen molar-refractivity contribution in [1.82, 2.24) is 0 Å². The summed E-state index contributed by atoms with van der Waals surface area (Å²) in [4.78, 5) is 0. The molecule has 2 fully saturated rings. The first-order valence-corrected chi connectivity index (χ1v) is 11.6. The first kappa shape index (κ1) is 19.2. The van der Waals surface area contributed by atoms with Crippen molar-refractivity contribution in [3.8, 4) is 17.2 Å². The van der Waals surface area contributed by atoms with Crippen molar-refractivity contribution in [3.05, 3.63) is 52.6 Å². The fraction of sp³-hybridized carbons (Fsp3) is 0.481. The molecule has 2 N–H and O–H groups in total. The van der Waals surface area contributed by atoms with Gasteiger partial charge in [0.2, 0.25) is 6.79 Å². The van der Waals surface area contributed by atoms with E-state index in [-0.39, 0.29) is 18.3 Å². The number of rotatable bonds is 2. The van der Waals surface area contributed by atoms with Gasteiger partial charge in [-0.1, -0.05) is 25.1 Å². The van der Waals surface area contributed by atoms with E-state index in [0.717, 1.165) is 54.7 Å². The monoisotopic (exact) mass is 418 g/mol. The van der Waals surface area contributed by atoms with Gasteiger partial charge in [-0.25, -0.2) is 0 Å². The molecule has 0 spiro atoms. The number of phenolic OH excluding ortho intramolecular Hbond substituents is 1. The molecule has 0 saturated heterocycles. The van der Waals surface area contributed by atoms with Crippen LogP contribution in [0.3, 0.4) is 0 Å². The number of phenols is 1. The van der Waals surface area contributed by atoms with Gasteiger partial charge >= 0.3 is 0 Å². The molecule has 0 radical (unpaired) electrons. The summed E-state index contributed by atoms with van der Waals surface area (Å²) < 4.78 is 10.9. The van der Waals surface area contributed by atoms with E-state index < -0.39 is 0 Å². The topological polar surface area (TPSA) is 58.9 Å². The fourth-order valence-electron chi connectivity index (χ4n) is 6.93. The number of benzene rings is 2.